The quantitative estimate of drug-likeness (QED) is 0.555. The summed E-state index contributed by atoms with van der Waals surface area (Å²) in [6, 6.07) is 0. The average molecular weight is 248 g/mol. The summed E-state index contributed by atoms with van der Waals surface area (Å²) >= 11 is 5.58. The summed E-state index contributed by atoms with van der Waals surface area (Å²) in [5.74, 6) is 0.793. The highest BCUT2D eigenvalue weighted by atomic mass is 35.5. The molecular formula is C12H22ClNO2. The van der Waals surface area contributed by atoms with Crippen LogP contribution >= 0.6 is 11.6 Å². The maximum atomic E-state index is 11.6. The van der Waals surface area contributed by atoms with Crippen molar-refractivity contribution in [1.29, 1.82) is 0 Å². The SMILES string of the molecule is CC1CCC(C(=O)NCCCCCCCl)O1. The Bertz CT molecular complexity index is 211. The van der Waals surface area contributed by atoms with Crippen molar-refractivity contribution in [1.82, 2.24) is 5.32 Å². The average Bonchev–Trinajstić information content (AvgIpc) is 2.70. The molecule has 16 heavy (non-hydrogen) atoms. The molecule has 1 aliphatic heterocycles. The number of hydrogen-bond acceptors (Lipinski definition) is 2. The molecule has 1 N–H and O–H groups in total. The smallest absolute Gasteiger partial charge is 0.249 e. The number of carbonyl (C=O) groups excluding carboxylic acids is 1. The van der Waals surface area contributed by atoms with E-state index in [1.165, 1.54) is 0 Å². The van der Waals surface area contributed by atoms with E-state index in [2.05, 4.69) is 5.32 Å². The van der Waals surface area contributed by atoms with Crippen LogP contribution in [-0.2, 0) is 9.53 Å². The molecule has 0 aliphatic carbocycles. The first-order valence-corrected chi connectivity index (χ1v) is 6.76. The second-order valence-corrected chi connectivity index (χ2v) is 4.78. The molecule has 0 aromatic rings. The Labute approximate surface area is 103 Å². The van der Waals surface area contributed by atoms with Crippen LogP contribution in [-0.4, -0.2) is 30.5 Å². The lowest BCUT2D eigenvalue weighted by atomic mass is 10.2. The van der Waals surface area contributed by atoms with E-state index in [0.29, 0.717) is 0 Å². The Morgan fingerprint density at radius 3 is 2.69 bits per heavy atom. The third-order valence-corrected chi connectivity index (χ3v) is 3.15. The van der Waals surface area contributed by atoms with Gasteiger partial charge in [0.2, 0.25) is 5.91 Å². The molecule has 2 atom stereocenters. The number of carbonyl (C=O) groups is 1. The molecule has 1 aliphatic rings. The van der Waals surface area contributed by atoms with E-state index >= 15 is 0 Å². The zero-order valence-corrected chi connectivity index (χ0v) is 10.8. The van der Waals surface area contributed by atoms with Crippen LogP contribution in [0.3, 0.4) is 0 Å². The van der Waals surface area contributed by atoms with E-state index in [-0.39, 0.29) is 18.1 Å². The van der Waals surface area contributed by atoms with Crippen molar-refractivity contribution in [3.05, 3.63) is 0 Å². The molecule has 2 unspecified atom stereocenters. The third-order valence-electron chi connectivity index (χ3n) is 2.88. The number of amides is 1. The van der Waals surface area contributed by atoms with Gasteiger partial charge in [0.05, 0.1) is 6.10 Å². The van der Waals surface area contributed by atoms with Gasteiger partial charge in [0.1, 0.15) is 6.10 Å². The Morgan fingerprint density at radius 1 is 1.31 bits per heavy atom. The van der Waals surface area contributed by atoms with Crippen LogP contribution in [0.1, 0.15) is 45.4 Å². The van der Waals surface area contributed by atoms with Crippen molar-refractivity contribution >= 4 is 17.5 Å². The number of hydrogen-bond donors (Lipinski definition) is 1. The van der Waals surface area contributed by atoms with Gasteiger partial charge < -0.3 is 10.1 Å². The van der Waals surface area contributed by atoms with Crippen molar-refractivity contribution in [2.24, 2.45) is 0 Å². The van der Waals surface area contributed by atoms with E-state index in [1.807, 2.05) is 6.92 Å². The number of rotatable bonds is 7. The molecule has 4 heteroatoms. The zero-order valence-electron chi connectivity index (χ0n) is 10.0. The normalized spacial score (nSPS) is 24.6. The second-order valence-electron chi connectivity index (χ2n) is 4.41. The molecule has 0 bridgehead atoms. The Morgan fingerprint density at radius 2 is 2.06 bits per heavy atom. The van der Waals surface area contributed by atoms with Crippen molar-refractivity contribution in [2.45, 2.75) is 57.7 Å². The van der Waals surface area contributed by atoms with Crippen LogP contribution in [0, 0.1) is 0 Å². The minimum atomic E-state index is -0.210. The topological polar surface area (TPSA) is 38.3 Å². The third kappa shape index (κ3) is 5.17. The molecule has 3 nitrogen and oxygen atoms in total. The summed E-state index contributed by atoms with van der Waals surface area (Å²) in [6.45, 7) is 2.77. The van der Waals surface area contributed by atoms with Crippen molar-refractivity contribution in [3.63, 3.8) is 0 Å². The van der Waals surface area contributed by atoms with Crippen LogP contribution < -0.4 is 5.32 Å². The first-order chi connectivity index (χ1) is 7.74. The zero-order chi connectivity index (χ0) is 11.8. The minimum Gasteiger partial charge on any atom is -0.365 e. The lowest BCUT2D eigenvalue weighted by molar-refractivity contribution is -0.131. The van der Waals surface area contributed by atoms with Crippen molar-refractivity contribution < 1.29 is 9.53 Å². The highest BCUT2D eigenvalue weighted by Gasteiger charge is 2.27. The number of unbranched alkanes of at least 4 members (excludes halogenated alkanes) is 3. The van der Waals surface area contributed by atoms with Crippen LogP contribution in [0.5, 0.6) is 0 Å². The molecular weight excluding hydrogens is 226 g/mol. The maximum absolute atomic E-state index is 11.6. The number of alkyl halides is 1. The Kier molecular flexibility index (Phi) is 6.81. The predicted molar refractivity (Wildman–Crippen MR) is 65.8 cm³/mol. The fourth-order valence-corrected chi connectivity index (χ4v) is 2.08. The standard InChI is InChI=1S/C12H22ClNO2/c1-10-6-7-11(16-10)12(15)14-9-5-3-2-4-8-13/h10-11H,2-9H2,1H3,(H,14,15). The first-order valence-electron chi connectivity index (χ1n) is 6.23. The van der Waals surface area contributed by atoms with Gasteiger partial charge in [0.25, 0.3) is 0 Å². The molecule has 1 amide bonds. The van der Waals surface area contributed by atoms with Gasteiger partial charge in [-0.25, -0.2) is 0 Å². The largest absolute Gasteiger partial charge is 0.365 e. The van der Waals surface area contributed by atoms with E-state index < -0.39 is 0 Å². The lowest BCUT2D eigenvalue weighted by Gasteiger charge is -2.11. The molecule has 0 radical (unpaired) electrons. The summed E-state index contributed by atoms with van der Waals surface area (Å²) in [7, 11) is 0. The molecule has 94 valence electrons. The highest BCUT2D eigenvalue weighted by Crippen LogP contribution is 2.18. The molecule has 0 aromatic carbocycles. The van der Waals surface area contributed by atoms with Crippen LogP contribution in [0.25, 0.3) is 0 Å². The Hall–Kier alpha value is -0.280. The summed E-state index contributed by atoms with van der Waals surface area (Å²) in [5.41, 5.74) is 0. The van der Waals surface area contributed by atoms with Gasteiger partial charge in [-0.2, -0.15) is 0 Å². The van der Waals surface area contributed by atoms with Gasteiger partial charge in [-0.05, 0) is 32.6 Å². The second kappa shape index (κ2) is 7.91. The van der Waals surface area contributed by atoms with Crippen LogP contribution in [0.2, 0.25) is 0 Å². The number of ether oxygens (including phenoxy) is 1. The summed E-state index contributed by atoms with van der Waals surface area (Å²) in [4.78, 5) is 11.6. The van der Waals surface area contributed by atoms with Crippen molar-refractivity contribution in [3.8, 4) is 0 Å². The van der Waals surface area contributed by atoms with Gasteiger partial charge in [-0.3, -0.25) is 4.79 Å². The van der Waals surface area contributed by atoms with E-state index in [9.17, 15) is 4.79 Å². The number of halogens is 1. The maximum Gasteiger partial charge on any atom is 0.249 e. The summed E-state index contributed by atoms with van der Waals surface area (Å²) < 4.78 is 5.49. The highest BCUT2D eigenvalue weighted by molar-refractivity contribution is 6.17. The summed E-state index contributed by atoms with van der Waals surface area (Å²) in [5, 5.41) is 2.93. The van der Waals surface area contributed by atoms with Gasteiger partial charge in [-0.1, -0.05) is 12.8 Å². The molecule has 0 aromatic heterocycles. The molecule has 1 rings (SSSR count). The van der Waals surface area contributed by atoms with E-state index in [1.54, 1.807) is 0 Å². The predicted octanol–water partition coefficient (Wildman–Crippen LogP) is 2.47. The fourth-order valence-electron chi connectivity index (χ4n) is 1.89. The fraction of sp³-hybridized carbons (Fsp3) is 0.917. The Balaban J connectivity index is 1.98. The van der Waals surface area contributed by atoms with Gasteiger partial charge >= 0.3 is 0 Å². The van der Waals surface area contributed by atoms with Gasteiger partial charge in [0, 0.05) is 12.4 Å². The van der Waals surface area contributed by atoms with Crippen molar-refractivity contribution in [2.75, 3.05) is 12.4 Å². The van der Waals surface area contributed by atoms with Crippen LogP contribution in [0.4, 0.5) is 0 Å². The van der Waals surface area contributed by atoms with E-state index in [0.717, 1.165) is 50.9 Å². The first kappa shape index (κ1) is 13.8. The summed E-state index contributed by atoms with van der Waals surface area (Å²) in [6.07, 6.45) is 6.26. The molecule has 1 fully saturated rings. The lowest BCUT2D eigenvalue weighted by Crippen LogP contribution is -2.35. The number of nitrogens with one attached hydrogen (secondary N) is 1. The van der Waals surface area contributed by atoms with Gasteiger partial charge in [-0.15, -0.1) is 11.6 Å². The molecule has 1 heterocycles. The van der Waals surface area contributed by atoms with Crippen LogP contribution in [0.15, 0.2) is 0 Å². The van der Waals surface area contributed by atoms with Gasteiger partial charge in [0.15, 0.2) is 0 Å². The molecule has 0 spiro atoms. The molecule has 1 saturated heterocycles. The van der Waals surface area contributed by atoms with E-state index in [4.69, 9.17) is 16.3 Å². The minimum absolute atomic E-state index is 0.0571. The monoisotopic (exact) mass is 247 g/mol. The molecule has 0 saturated carbocycles.